The van der Waals surface area contributed by atoms with E-state index in [4.69, 9.17) is 4.74 Å². The third-order valence-electron chi connectivity index (χ3n) is 4.61. The lowest BCUT2D eigenvalue weighted by Gasteiger charge is -2.09. The number of nitrogens with zero attached hydrogens (tertiary/aromatic N) is 1. The Morgan fingerprint density at radius 1 is 1.06 bits per heavy atom. The van der Waals surface area contributed by atoms with Gasteiger partial charge in [0, 0.05) is 11.3 Å². The Bertz CT molecular complexity index is 1180. The Kier molecular flexibility index (Phi) is 7.82. The number of carbonyl (C=O) groups is 2. The summed E-state index contributed by atoms with van der Waals surface area (Å²) in [6, 6.07) is 17.3. The Labute approximate surface area is 199 Å². The minimum atomic E-state index is -0.441. The first-order valence-corrected chi connectivity index (χ1v) is 10.8. The molecule has 0 unspecified atom stereocenters. The molecule has 164 valence electrons. The Morgan fingerprint density at radius 3 is 2.62 bits per heavy atom. The zero-order chi connectivity index (χ0) is 23.1. The van der Waals surface area contributed by atoms with Crippen LogP contribution in [0.1, 0.15) is 27.0 Å². The van der Waals surface area contributed by atoms with Crippen LogP contribution in [0.25, 0.3) is 0 Å². The van der Waals surface area contributed by atoms with Gasteiger partial charge in [0.25, 0.3) is 11.8 Å². The van der Waals surface area contributed by atoms with Crippen molar-refractivity contribution in [3.63, 3.8) is 0 Å². The average Bonchev–Trinajstić information content (AvgIpc) is 2.77. The van der Waals surface area contributed by atoms with Gasteiger partial charge in [-0.1, -0.05) is 18.2 Å². The third kappa shape index (κ3) is 6.55. The number of amides is 2. The molecule has 2 amide bonds. The summed E-state index contributed by atoms with van der Waals surface area (Å²) < 4.78 is 6.22. The van der Waals surface area contributed by atoms with E-state index < -0.39 is 5.91 Å². The van der Waals surface area contributed by atoms with E-state index >= 15 is 0 Å². The van der Waals surface area contributed by atoms with Crippen LogP contribution in [-0.2, 0) is 4.79 Å². The van der Waals surface area contributed by atoms with Crippen molar-refractivity contribution in [2.45, 2.75) is 13.8 Å². The standard InChI is InChI=1S/C24H22IN3O4/c1-15-6-8-19(10-16(15)2)27-23(30)14-32-20-5-3-4-17(11-20)13-26-28-24(31)18-7-9-21(25)22(29)12-18/h3-13,29H,14H2,1-2H3,(H,27,30)(H,28,31)/b26-13-. The SMILES string of the molecule is Cc1ccc(NC(=O)COc2cccc(/C=N\NC(=O)c3ccc(I)c(O)c3)c2)cc1C. The number of nitrogens with one attached hydrogen (secondary N) is 2. The molecule has 7 nitrogen and oxygen atoms in total. The zero-order valence-corrected chi connectivity index (χ0v) is 19.7. The van der Waals surface area contributed by atoms with Crippen LogP contribution in [0.5, 0.6) is 11.5 Å². The van der Waals surface area contributed by atoms with E-state index in [1.54, 1.807) is 36.4 Å². The van der Waals surface area contributed by atoms with Gasteiger partial charge in [-0.3, -0.25) is 9.59 Å². The van der Waals surface area contributed by atoms with Crippen molar-refractivity contribution >= 4 is 46.3 Å². The minimum Gasteiger partial charge on any atom is -0.507 e. The summed E-state index contributed by atoms with van der Waals surface area (Å²) in [5, 5.41) is 16.5. The number of benzene rings is 3. The first-order valence-electron chi connectivity index (χ1n) is 9.74. The minimum absolute atomic E-state index is 0.0358. The summed E-state index contributed by atoms with van der Waals surface area (Å²) in [5.74, 6) is -0.171. The fourth-order valence-electron chi connectivity index (χ4n) is 2.73. The molecule has 0 atom stereocenters. The molecule has 3 rings (SSSR count). The highest BCUT2D eigenvalue weighted by Gasteiger charge is 2.08. The average molecular weight is 543 g/mol. The maximum Gasteiger partial charge on any atom is 0.271 e. The van der Waals surface area contributed by atoms with Crippen LogP contribution < -0.4 is 15.5 Å². The van der Waals surface area contributed by atoms with Gasteiger partial charge < -0.3 is 15.2 Å². The molecule has 0 radical (unpaired) electrons. The number of phenols is 1. The summed E-state index contributed by atoms with van der Waals surface area (Å²) in [6.07, 6.45) is 1.46. The van der Waals surface area contributed by atoms with Crippen LogP contribution in [0, 0.1) is 17.4 Å². The number of phenolic OH excluding ortho intramolecular Hbond substituents is 1. The second-order valence-electron chi connectivity index (χ2n) is 7.07. The molecule has 3 aromatic rings. The summed E-state index contributed by atoms with van der Waals surface area (Å²) in [5.41, 5.74) is 6.37. The number of aryl methyl sites for hydroxylation is 2. The molecule has 0 aliphatic rings. The number of hydrogen-bond donors (Lipinski definition) is 3. The molecular weight excluding hydrogens is 521 g/mol. The molecule has 0 aromatic heterocycles. The van der Waals surface area contributed by atoms with Crippen LogP contribution in [0.15, 0.2) is 65.8 Å². The predicted octanol–water partition coefficient (Wildman–Crippen LogP) is 4.40. The van der Waals surface area contributed by atoms with Crippen molar-refractivity contribution in [2.24, 2.45) is 5.10 Å². The fraction of sp³-hybridized carbons (Fsp3) is 0.125. The van der Waals surface area contributed by atoms with Crippen molar-refractivity contribution in [3.05, 3.63) is 86.5 Å². The molecule has 0 spiro atoms. The molecule has 32 heavy (non-hydrogen) atoms. The number of hydrazone groups is 1. The second-order valence-corrected chi connectivity index (χ2v) is 8.24. The van der Waals surface area contributed by atoms with E-state index in [0.29, 0.717) is 20.4 Å². The molecule has 0 fully saturated rings. The maximum atomic E-state index is 12.2. The number of anilines is 1. The predicted molar refractivity (Wildman–Crippen MR) is 132 cm³/mol. The first kappa shape index (κ1) is 23.3. The van der Waals surface area contributed by atoms with Gasteiger partial charge in [0.1, 0.15) is 11.5 Å². The highest BCUT2D eigenvalue weighted by molar-refractivity contribution is 14.1. The van der Waals surface area contributed by atoms with E-state index in [9.17, 15) is 14.7 Å². The molecule has 0 heterocycles. The molecule has 0 saturated heterocycles. The number of ether oxygens (including phenoxy) is 1. The quantitative estimate of drug-likeness (QED) is 0.234. The van der Waals surface area contributed by atoms with Crippen LogP contribution in [0.3, 0.4) is 0 Å². The largest absolute Gasteiger partial charge is 0.507 e. The van der Waals surface area contributed by atoms with Crippen molar-refractivity contribution in [3.8, 4) is 11.5 Å². The molecule has 0 bridgehead atoms. The van der Waals surface area contributed by atoms with Crippen molar-refractivity contribution < 1.29 is 19.4 Å². The van der Waals surface area contributed by atoms with Crippen LogP contribution in [0.4, 0.5) is 5.69 Å². The molecular formula is C24H22IN3O4. The fourth-order valence-corrected chi connectivity index (χ4v) is 3.07. The zero-order valence-electron chi connectivity index (χ0n) is 17.6. The van der Waals surface area contributed by atoms with E-state index in [2.05, 4.69) is 15.8 Å². The number of aromatic hydroxyl groups is 1. The normalized spacial score (nSPS) is 10.7. The smallest absolute Gasteiger partial charge is 0.271 e. The van der Waals surface area contributed by atoms with Crippen molar-refractivity contribution in [2.75, 3.05) is 11.9 Å². The van der Waals surface area contributed by atoms with Crippen molar-refractivity contribution in [1.82, 2.24) is 5.43 Å². The van der Waals surface area contributed by atoms with Crippen LogP contribution >= 0.6 is 22.6 Å². The topological polar surface area (TPSA) is 100 Å². The van der Waals surface area contributed by atoms with Gasteiger partial charge in [-0.2, -0.15) is 5.10 Å². The molecule has 0 aliphatic heterocycles. The van der Waals surface area contributed by atoms with E-state index in [1.807, 2.05) is 54.6 Å². The van der Waals surface area contributed by atoms with Gasteiger partial charge in [-0.05, 0) is 95.6 Å². The molecule has 8 heteroatoms. The third-order valence-corrected chi connectivity index (χ3v) is 5.52. The Balaban J connectivity index is 1.53. The second kappa shape index (κ2) is 10.8. The molecule has 0 saturated carbocycles. The highest BCUT2D eigenvalue weighted by atomic mass is 127. The van der Waals surface area contributed by atoms with E-state index in [-0.39, 0.29) is 18.3 Å². The molecule has 3 aromatic carbocycles. The van der Waals surface area contributed by atoms with Gasteiger partial charge in [-0.25, -0.2) is 5.43 Å². The number of rotatable bonds is 7. The van der Waals surface area contributed by atoms with Gasteiger partial charge in [0.2, 0.25) is 0 Å². The lowest BCUT2D eigenvalue weighted by atomic mass is 10.1. The van der Waals surface area contributed by atoms with Gasteiger partial charge in [0.05, 0.1) is 9.78 Å². The Hall–Kier alpha value is -3.40. The highest BCUT2D eigenvalue weighted by Crippen LogP contribution is 2.20. The van der Waals surface area contributed by atoms with Gasteiger partial charge in [-0.15, -0.1) is 0 Å². The summed E-state index contributed by atoms with van der Waals surface area (Å²) >= 11 is 1.97. The summed E-state index contributed by atoms with van der Waals surface area (Å²) in [4.78, 5) is 24.3. The van der Waals surface area contributed by atoms with Crippen LogP contribution in [0.2, 0.25) is 0 Å². The summed E-state index contributed by atoms with van der Waals surface area (Å²) in [6.45, 7) is 3.86. The first-order chi connectivity index (χ1) is 15.3. The number of hydrogen-bond acceptors (Lipinski definition) is 5. The Morgan fingerprint density at radius 2 is 1.88 bits per heavy atom. The summed E-state index contributed by atoms with van der Waals surface area (Å²) in [7, 11) is 0. The van der Waals surface area contributed by atoms with Crippen LogP contribution in [-0.4, -0.2) is 29.7 Å². The number of carbonyl (C=O) groups excluding carboxylic acids is 2. The van der Waals surface area contributed by atoms with E-state index in [0.717, 1.165) is 16.8 Å². The number of halogens is 1. The van der Waals surface area contributed by atoms with E-state index in [1.165, 1.54) is 12.3 Å². The monoisotopic (exact) mass is 543 g/mol. The molecule has 3 N–H and O–H groups in total. The van der Waals surface area contributed by atoms with Gasteiger partial charge in [0.15, 0.2) is 6.61 Å². The van der Waals surface area contributed by atoms with Crippen molar-refractivity contribution in [1.29, 1.82) is 0 Å². The molecule has 0 aliphatic carbocycles. The lowest BCUT2D eigenvalue weighted by Crippen LogP contribution is -2.20. The maximum absolute atomic E-state index is 12.2. The lowest BCUT2D eigenvalue weighted by molar-refractivity contribution is -0.118. The van der Waals surface area contributed by atoms with Gasteiger partial charge >= 0.3 is 0 Å².